The highest BCUT2D eigenvalue weighted by Crippen LogP contribution is 2.38. The molecule has 1 aliphatic rings. The van der Waals surface area contributed by atoms with Gasteiger partial charge in [0.1, 0.15) is 5.69 Å². The SMILES string of the molecule is O=C(Nc1ccc(-c2csnn2)cc1)c1cc(Cl)c2c(c1)OCCCO2. The number of aromatic nitrogens is 2. The molecule has 0 spiro atoms. The highest BCUT2D eigenvalue weighted by atomic mass is 35.5. The zero-order chi connectivity index (χ0) is 17.9. The van der Waals surface area contributed by atoms with Crippen LogP contribution in [0.3, 0.4) is 0 Å². The fourth-order valence-corrected chi connectivity index (χ4v) is 3.31. The maximum absolute atomic E-state index is 12.6. The van der Waals surface area contributed by atoms with Crippen molar-refractivity contribution in [1.29, 1.82) is 0 Å². The van der Waals surface area contributed by atoms with Crippen molar-refractivity contribution in [3.63, 3.8) is 0 Å². The number of carbonyl (C=O) groups excluding carboxylic acids is 1. The predicted molar refractivity (Wildman–Crippen MR) is 100 cm³/mol. The van der Waals surface area contributed by atoms with Crippen LogP contribution < -0.4 is 14.8 Å². The van der Waals surface area contributed by atoms with Crippen molar-refractivity contribution in [2.24, 2.45) is 0 Å². The Balaban J connectivity index is 1.53. The smallest absolute Gasteiger partial charge is 0.255 e. The van der Waals surface area contributed by atoms with E-state index in [0.29, 0.717) is 41.0 Å². The number of hydrogen-bond acceptors (Lipinski definition) is 6. The molecular formula is C18H14ClN3O3S. The van der Waals surface area contributed by atoms with Gasteiger partial charge in [0.25, 0.3) is 5.91 Å². The van der Waals surface area contributed by atoms with Crippen molar-refractivity contribution >= 4 is 34.7 Å². The lowest BCUT2D eigenvalue weighted by Crippen LogP contribution is -2.12. The predicted octanol–water partition coefficient (Wildman–Crippen LogP) is 4.27. The molecule has 1 aromatic heterocycles. The first-order chi connectivity index (χ1) is 12.7. The van der Waals surface area contributed by atoms with Crippen molar-refractivity contribution in [3.05, 3.63) is 52.4 Å². The molecule has 0 aliphatic carbocycles. The molecule has 0 unspecified atom stereocenters. The highest BCUT2D eigenvalue weighted by Gasteiger charge is 2.18. The minimum absolute atomic E-state index is 0.273. The topological polar surface area (TPSA) is 73.3 Å². The van der Waals surface area contributed by atoms with E-state index in [9.17, 15) is 4.79 Å². The summed E-state index contributed by atoms with van der Waals surface area (Å²) in [6.07, 6.45) is 0.771. The van der Waals surface area contributed by atoms with E-state index < -0.39 is 0 Å². The van der Waals surface area contributed by atoms with Crippen molar-refractivity contribution < 1.29 is 14.3 Å². The number of halogens is 1. The lowest BCUT2D eigenvalue weighted by Gasteiger charge is -2.12. The maximum atomic E-state index is 12.6. The van der Waals surface area contributed by atoms with Crippen LogP contribution in [0.2, 0.25) is 5.02 Å². The van der Waals surface area contributed by atoms with Gasteiger partial charge in [-0.2, -0.15) is 0 Å². The van der Waals surface area contributed by atoms with Crippen LogP contribution in [0.15, 0.2) is 41.8 Å². The summed E-state index contributed by atoms with van der Waals surface area (Å²) in [5, 5.41) is 9.11. The van der Waals surface area contributed by atoms with Crippen LogP contribution in [0.1, 0.15) is 16.8 Å². The van der Waals surface area contributed by atoms with Crippen molar-refractivity contribution in [3.8, 4) is 22.8 Å². The van der Waals surface area contributed by atoms with Gasteiger partial charge in [-0.3, -0.25) is 4.79 Å². The molecule has 1 N–H and O–H groups in total. The van der Waals surface area contributed by atoms with Gasteiger partial charge in [0.2, 0.25) is 0 Å². The molecule has 4 rings (SSSR count). The summed E-state index contributed by atoms with van der Waals surface area (Å²) >= 11 is 7.54. The Kier molecular flexibility index (Phi) is 4.73. The van der Waals surface area contributed by atoms with Gasteiger partial charge in [-0.05, 0) is 35.8 Å². The largest absolute Gasteiger partial charge is 0.489 e. The number of benzene rings is 2. The second kappa shape index (κ2) is 7.31. The number of nitrogens with zero attached hydrogens (tertiary/aromatic N) is 2. The third kappa shape index (κ3) is 3.49. The molecule has 0 bridgehead atoms. The molecule has 0 fully saturated rings. The van der Waals surface area contributed by atoms with Gasteiger partial charge in [-0.15, -0.1) is 5.10 Å². The van der Waals surface area contributed by atoms with Crippen molar-refractivity contribution in [2.45, 2.75) is 6.42 Å². The molecule has 2 aromatic carbocycles. The second-order valence-electron chi connectivity index (χ2n) is 5.66. The molecule has 26 heavy (non-hydrogen) atoms. The number of ether oxygens (including phenoxy) is 2. The summed E-state index contributed by atoms with van der Waals surface area (Å²) in [4.78, 5) is 12.6. The number of hydrogen-bond donors (Lipinski definition) is 1. The molecule has 1 aliphatic heterocycles. The van der Waals surface area contributed by atoms with Crippen LogP contribution in [0.25, 0.3) is 11.3 Å². The zero-order valence-electron chi connectivity index (χ0n) is 13.6. The number of rotatable bonds is 3. The molecule has 6 nitrogen and oxygen atoms in total. The van der Waals surface area contributed by atoms with Crippen LogP contribution >= 0.6 is 23.1 Å². The number of fused-ring (bicyclic) bond motifs is 1. The van der Waals surface area contributed by atoms with Gasteiger partial charge in [-0.25, -0.2) is 0 Å². The first-order valence-electron chi connectivity index (χ1n) is 7.99. The van der Waals surface area contributed by atoms with E-state index >= 15 is 0 Å². The standard InChI is InChI=1S/C18H14ClN3O3S/c19-14-8-12(9-16-17(14)25-7-1-6-24-16)18(23)20-13-4-2-11(3-5-13)15-10-26-22-21-15/h2-5,8-10H,1,6-7H2,(H,20,23). The van der Waals surface area contributed by atoms with E-state index in [0.717, 1.165) is 17.7 Å². The van der Waals surface area contributed by atoms with E-state index in [-0.39, 0.29) is 5.91 Å². The first kappa shape index (κ1) is 16.8. The Morgan fingerprint density at radius 2 is 1.96 bits per heavy atom. The van der Waals surface area contributed by atoms with E-state index in [1.807, 2.05) is 29.6 Å². The van der Waals surface area contributed by atoms with Gasteiger partial charge < -0.3 is 14.8 Å². The molecule has 132 valence electrons. The molecule has 3 aromatic rings. The Morgan fingerprint density at radius 1 is 1.15 bits per heavy atom. The molecular weight excluding hydrogens is 374 g/mol. The zero-order valence-corrected chi connectivity index (χ0v) is 15.1. The van der Waals surface area contributed by atoms with Crippen LogP contribution in [0, 0.1) is 0 Å². The normalized spacial score (nSPS) is 13.1. The van der Waals surface area contributed by atoms with E-state index in [1.165, 1.54) is 11.5 Å². The monoisotopic (exact) mass is 387 g/mol. The average molecular weight is 388 g/mol. The van der Waals surface area contributed by atoms with Crippen LogP contribution in [-0.4, -0.2) is 28.7 Å². The van der Waals surface area contributed by atoms with E-state index in [4.69, 9.17) is 21.1 Å². The summed E-state index contributed by atoms with van der Waals surface area (Å²) < 4.78 is 15.1. The summed E-state index contributed by atoms with van der Waals surface area (Å²) in [7, 11) is 0. The van der Waals surface area contributed by atoms with Gasteiger partial charge >= 0.3 is 0 Å². The number of amides is 1. The van der Waals surface area contributed by atoms with Crippen molar-refractivity contribution in [1.82, 2.24) is 9.59 Å². The van der Waals surface area contributed by atoms with Crippen molar-refractivity contribution in [2.75, 3.05) is 18.5 Å². The lowest BCUT2D eigenvalue weighted by atomic mass is 10.1. The number of anilines is 1. The van der Waals surface area contributed by atoms with Crippen LogP contribution in [0.5, 0.6) is 11.5 Å². The van der Waals surface area contributed by atoms with Crippen LogP contribution in [-0.2, 0) is 0 Å². The summed E-state index contributed by atoms with van der Waals surface area (Å²) in [5.74, 6) is 0.707. The number of nitrogens with one attached hydrogen (secondary N) is 1. The summed E-state index contributed by atoms with van der Waals surface area (Å²) in [6, 6.07) is 10.6. The molecule has 0 radical (unpaired) electrons. The van der Waals surface area contributed by atoms with Gasteiger partial charge in [0.15, 0.2) is 11.5 Å². The third-order valence-electron chi connectivity index (χ3n) is 3.86. The third-order valence-corrected chi connectivity index (χ3v) is 4.65. The molecule has 0 atom stereocenters. The molecule has 2 heterocycles. The minimum Gasteiger partial charge on any atom is -0.489 e. The van der Waals surface area contributed by atoms with E-state index in [2.05, 4.69) is 14.9 Å². The lowest BCUT2D eigenvalue weighted by molar-refractivity contribution is 0.102. The Hall–Kier alpha value is -2.64. The Morgan fingerprint density at radius 3 is 2.73 bits per heavy atom. The van der Waals surface area contributed by atoms with E-state index in [1.54, 1.807) is 12.1 Å². The van der Waals surface area contributed by atoms with Gasteiger partial charge in [0.05, 0.1) is 18.2 Å². The average Bonchev–Trinajstić information content (AvgIpc) is 3.07. The Bertz CT molecular complexity index is 930. The molecule has 1 amide bonds. The van der Waals surface area contributed by atoms with Crippen LogP contribution in [0.4, 0.5) is 5.69 Å². The number of carbonyl (C=O) groups is 1. The highest BCUT2D eigenvalue weighted by molar-refractivity contribution is 7.03. The summed E-state index contributed by atoms with van der Waals surface area (Å²) in [6.45, 7) is 1.07. The van der Waals surface area contributed by atoms with Gasteiger partial charge in [-0.1, -0.05) is 28.2 Å². The fraction of sp³-hybridized carbons (Fsp3) is 0.167. The first-order valence-corrected chi connectivity index (χ1v) is 9.20. The fourth-order valence-electron chi connectivity index (χ4n) is 2.58. The van der Waals surface area contributed by atoms with Gasteiger partial charge in [0, 0.05) is 28.6 Å². The summed E-state index contributed by atoms with van der Waals surface area (Å²) in [5.41, 5.74) is 2.83. The second-order valence-corrected chi connectivity index (χ2v) is 6.67. The quantitative estimate of drug-likeness (QED) is 0.726. The Labute approximate surface area is 158 Å². The maximum Gasteiger partial charge on any atom is 0.255 e. The minimum atomic E-state index is -0.273. The molecule has 0 saturated carbocycles. The molecule has 0 saturated heterocycles. The molecule has 8 heteroatoms.